The summed E-state index contributed by atoms with van der Waals surface area (Å²) in [4.78, 5) is 28.0. The van der Waals surface area contributed by atoms with Crippen LogP contribution in [-0.2, 0) is 6.42 Å². The molecule has 0 saturated carbocycles. The van der Waals surface area contributed by atoms with Gasteiger partial charge in [-0.05, 0) is 48.4 Å². The van der Waals surface area contributed by atoms with Gasteiger partial charge in [0.2, 0.25) is 0 Å². The molecule has 0 bridgehead atoms. The van der Waals surface area contributed by atoms with Gasteiger partial charge in [0.25, 0.3) is 5.91 Å². The van der Waals surface area contributed by atoms with Gasteiger partial charge in [-0.3, -0.25) is 9.78 Å². The monoisotopic (exact) mass is 380 g/mol. The number of pyridine rings is 1. The Morgan fingerprint density at radius 3 is 2.41 bits per heavy atom. The van der Waals surface area contributed by atoms with Gasteiger partial charge in [0.15, 0.2) is 0 Å². The maximum absolute atomic E-state index is 12.4. The van der Waals surface area contributed by atoms with Crippen LogP contribution in [0, 0.1) is 0 Å². The number of carbonyl (C=O) groups is 2. The fourth-order valence-corrected chi connectivity index (χ4v) is 2.77. The van der Waals surface area contributed by atoms with Gasteiger partial charge in [0.1, 0.15) is 0 Å². The van der Waals surface area contributed by atoms with Crippen molar-refractivity contribution in [2.24, 2.45) is 0 Å². The van der Waals surface area contributed by atoms with Crippen molar-refractivity contribution in [1.29, 1.82) is 0 Å². The summed E-state index contributed by atoms with van der Waals surface area (Å²) in [5, 5.41) is 11.9. The Labute approximate surface area is 161 Å². The molecule has 27 heavy (non-hydrogen) atoms. The van der Waals surface area contributed by atoms with E-state index in [-0.39, 0.29) is 16.5 Å². The highest BCUT2D eigenvalue weighted by Crippen LogP contribution is 2.22. The number of aromatic nitrogens is 1. The van der Waals surface area contributed by atoms with Gasteiger partial charge in [0, 0.05) is 23.0 Å². The first-order valence-electron chi connectivity index (χ1n) is 8.37. The molecule has 0 saturated heterocycles. The summed E-state index contributed by atoms with van der Waals surface area (Å²) in [6.45, 7) is 2.07. The van der Waals surface area contributed by atoms with E-state index in [1.165, 1.54) is 17.7 Å². The van der Waals surface area contributed by atoms with Crippen molar-refractivity contribution >= 4 is 29.2 Å². The first-order chi connectivity index (χ1) is 13.0. The molecule has 0 aliphatic heterocycles. The smallest absolute Gasteiger partial charge is 0.337 e. The van der Waals surface area contributed by atoms with Crippen molar-refractivity contribution in [3.8, 4) is 11.3 Å². The summed E-state index contributed by atoms with van der Waals surface area (Å²) in [5.74, 6) is -1.49. The molecule has 0 aliphatic rings. The second-order valence-corrected chi connectivity index (χ2v) is 6.34. The zero-order valence-corrected chi connectivity index (χ0v) is 15.3. The Hall–Kier alpha value is -3.18. The molecule has 1 aromatic heterocycles. The normalized spacial score (nSPS) is 10.4. The van der Waals surface area contributed by atoms with E-state index in [4.69, 9.17) is 16.7 Å². The number of halogens is 1. The average Bonchev–Trinajstić information content (AvgIpc) is 2.69. The van der Waals surface area contributed by atoms with E-state index in [2.05, 4.69) is 17.2 Å². The largest absolute Gasteiger partial charge is 0.478 e. The molecule has 2 aromatic carbocycles. The molecule has 3 aromatic rings. The number of nitrogens with zero attached hydrogens (tertiary/aromatic N) is 1. The molecule has 0 atom stereocenters. The summed E-state index contributed by atoms with van der Waals surface area (Å²) in [6.07, 6.45) is 2.78. The van der Waals surface area contributed by atoms with Gasteiger partial charge in [-0.25, -0.2) is 4.79 Å². The van der Waals surface area contributed by atoms with Crippen LogP contribution in [0.25, 0.3) is 11.3 Å². The number of benzene rings is 2. The fraction of sp³-hybridized carbons (Fsp3) is 0.0952. The Morgan fingerprint density at radius 2 is 1.81 bits per heavy atom. The Bertz CT molecular complexity index is 983. The minimum atomic E-state index is -1.15. The summed E-state index contributed by atoms with van der Waals surface area (Å²) < 4.78 is 0. The summed E-state index contributed by atoms with van der Waals surface area (Å²) in [7, 11) is 0. The number of aromatic carboxylic acids is 1. The third-order valence-electron chi connectivity index (χ3n) is 4.13. The standard InChI is InChI=1S/C21H17ClN2O3/c1-2-13-3-10-19(23-12-13)14-4-6-15(7-5-14)20(25)24-16-8-9-18(22)17(11-16)21(26)27/h3-12H,2H2,1H3,(H,24,25)(H,26,27). The Kier molecular flexibility index (Phi) is 5.52. The van der Waals surface area contributed by atoms with Crippen LogP contribution in [0.15, 0.2) is 60.8 Å². The lowest BCUT2D eigenvalue weighted by atomic mass is 10.1. The molecule has 0 unspecified atom stereocenters. The second-order valence-electron chi connectivity index (χ2n) is 5.94. The zero-order chi connectivity index (χ0) is 19.4. The average molecular weight is 381 g/mol. The van der Waals surface area contributed by atoms with Crippen LogP contribution >= 0.6 is 11.6 Å². The van der Waals surface area contributed by atoms with Crippen molar-refractivity contribution < 1.29 is 14.7 Å². The number of nitrogens with one attached hydrogen (secondary N) is 1. The van der Waals surface area contributed by atoms with Gasteiger partial charge in [0.05, 0.1) is 16.3 Å². The SMILES string of the molecule is CCc1ccc(-c2ccc(C(=O)Nc3ccc(Cl)c(C(=O)O)c3)cc2)nc1. The molecule has 0 aliphatic carbocycles. The van der Waals surface area contributed by atoms with Gasteiger partial charge in [-0.1, -0.05) is 36.7 Å². The lowest BCUT2D eigenvalue weighted by Crippen LogP contribution is -2.12. The third-order valence-corrected chi connectivity index (χ3v) is 4.46. The topological polar surface area (TPSA) is 79.3 Å². The lowest BCUT2D eigenvalue weighted by Gasteiger charge is -2.08. The predicted molar refractivity (Wildman–Crippen MR) is 105 cm³/mol. The van der Waals surface area contributed by atoms with Gasteiger partial charge in [-0.2, -0.15) is 0 Å². The highest BCUT2D eigenvalue weighted by Gasteiger charge is 2.12. The van der Waals surface area contributed by atoms with E-state index in [9.17, 15) is 9.59 Å². The van der Waals surface area contributed by atoms with Crippen molar-refractivity contribution in [3.05, 3.63) is 82.5 Å². The van der Waals surface area contributed by atoms with Crippen LogP contribution in [0.5, 0.6) is 0 Å². The molecule has 6 heteroatoms. The number of carboxylic acids is 1. The Balaban J connectivity index is 1.75. The van der Waals surface area contributed by atoms with E-state index in [0.29, 0.717) is 11.3 Å². The molecule has 1 heterocycles. The highest BCUT2D eigenvalue weighted by atomic mass is 35.5. The van der Waals surface area contributed by atoms with Gasteiger partial charge >= 0.3 is 5.97 Å². The van der Waals surface area contributed by atoms with E-state index in [1.807, 2.05) is 30.5 Å². The molecule has 1 amide bonds. The van der Waals surface area contributed by atoms with Crippen LogP contribution in [0.1, 0.15) is 33.2 Å². The number of hydrogen-bond donors (Lipinski definition) is 2. The minimum absolute atomic E-state index is 0.0635. The number of rotatable bonds is 5. The van der Waals surface area contributed by atoms with E-state index < -0.39 is 5.97 Å². The first kappa shape index (κ1) is 18.6. The van der Waals surface area contributed by atoms with Crippen molar-refractivity contribution in [2.75, 3.05) is 5.32 Å². The molecule has 0 spiro atoms. The number of hydrogen-bond acceptors (Lipinski definition) is 3. The van der Waals surface area contributed by atoms with Crippen LogP contribution in [0.3, 0.4) is 0 Å². The third kappa shape index (κ3) is 4.33. The van der Waals surface area contributed by atoms with E-state index >= 15 is 0 Å². The van der Waals surface area contributed by atoms with Crippen LogP contribution in [0.4, 0.5) is 5.69 Å². The minimum Gasteiger partial charge on any atom is -0.478 e. The molecule has 0 radical (unpaired) electrons. The van der Waals surface area contributed by atoms with Gasteiger partial charge in [-0.15, -0.1) is 0 Å². The van der Waals surface area contributed by atoms with E-state index in [1.54, 1.807) is 18.2 Å². The van der Waals surface area contributed by atoms with Gasteiger partial charge < -0.3 is 10.4 Å². The number of carboxylic acid groups (broad SMARTS) is 1. The number of anilines is 1. The van der Waals surface area contributed by atoms with Crippen molar-refractivity contribution in [3.63, 3.8) is 0 Å². The molecule has 136 valence electrons. The highest BCUT2D eigenvalue weighted by molar-refractivity contribution is 6.33. The number of aryl methyl sites for hydroxylation is 1. The predicted octanol–water partition coefficient (Wildman–Crippen LogP) is 4.91. The van der Waals surface area contributed by atoms with Crippen LogP contribution < -0.4 is 5.32 Å². The quantitative estimate of drug-likeness (QED) is 0.658. The maximum atomic E-state index is 12.4. The molecule has 2 N–H and O–H groups in total. The molecular weight excluding hydrogens is 364 g/mol. The second kappa shape index (κ2) is 8.01. The summed E-state index contributed by atoms with van der Waals surface area (Å²) in [5.41, 5.74) is 3.67. The van der Waals surface area contributed by atoms with Crippen molar-refractivity contribution in [2.45, 2.75) is 13.3 Å². The molecule has 0 fully saturated rings. The first-order valence-corrected chi connectivity index (χ1v) is 8.75. The van der Waals surface area contributed by atoms with E-state index in [0.717, 1.165) is 17.7 Å². The maximum Gasteiger partial charge on any atom is 0.337 e. The molecule has 5 nitrogen and oxygen atoms in total. The molecule has 3 rings (SSSR count). The fourth-order valence-electron chi connectivity index (χ4n) is 2.57. The lowest BCUT2D eigenvalue weighted by molar-refractivity contribution is 0.0696. The van der Waals surface area contributed by atoms with Crippen LogP contribution in [-0.4, -0.2) is 22.0 Å². The van der Waals surface area contributed by atoms with Crippen LogP contribution in [0.2, 0.25) is 5.02 Å². The molecular formula is C21H17ClN2O3. The summed E-state index contributed by atoms with van der Waals surface area (Å²) in [6, 6.07) is 15.4. The van der Waals surface area contributed by atoms with Crippen molar-refractivity contribution in [1.82, 2.24) is 4.98 Å². The number of carbonyl (C=O) groups excluding carboxylic acids is 1. The Morgan fingerprint density at radius 1 is 1.07 bits per heavy atom. The summed E-state index contributed by atoms with van der Waals surface area (Å²) >= 11 is 5.84. The number of amides is 1. The zero-order valence-electron chi connectivity index (χ0n) is 14.6.